The number of hydrogen-bond donors (Lipinski definition) is 1. The summed E-state index contributed by atoms with van der Waals surface area (Å²) in [6.45, 7) is 3.39. The van der Waals surface area contributed by atoms with Gasteiger partial charge in [0, 0.05) is 30.1 Å². The third-order valence-corrected chi connectivity index (χ3v) is 6.16. The molecule has 2 heterocycles. The van der Waals surface area contributed by atoms with Crippen molar-refractivity contribution in [3.8, 4) is 5.75 Å². The van der Waals surface area contributed by atoms with Crippen molar-refractivity contribution >= 4 is 38.6 Å². The van der Waals surface area contributed by atoms with E-state index < -0.39 is 23.5 Å². The molecule has 1 aliphatic heterocycles. The van der Waals surface area contributed by atoms with Gasteiger partial charge in [-0.3, -0.25) is 9.59 Å². The first-order valence-corrected chi connectivity index (χ1v) is 11.9. The lowest BCUT2D eigenvalue weighted by Gasteiger charge is -2.26. The van der Waals surface area contributed by atoms with Crippen LogP contribution in [0.4, 0.5) is 0 Å². The largest absolute Gasteiger partial charge is 0.503 e. The smallest absolute Gasteiger partial charge is 0.290 e. The molecule has 34 heavy (non-hydrogen) atoms. The summed E-state index contributed by atoms with van der Waals surface area (Å²) in [5.74, 6) is -0.905. The van der Waals surface area contributed by atoms with Crippen molar-refractivity contribution in [1.29, 1.82) is 0 Å². The minimum atomic E-state index is -0.753. The van der Waals surface area contributed by atoms with Crippen LogP contribution in [-0.2, 0) is 9.53 Å². The maximum atomic E-state index is 13.6. The van der Waals surface area contributed by atoms with Gasteiger partial charge in [0.15, 0.2) is 11.5 Å². The number of hydrogen-bond acceptors (Lipinski definition) is 6. The van der Waals surface area contributed by atoms with Crippen molar-refractivity contribution in [3.63, 3.8) is 0 Å². The lowest BCUT2D eigenvalue weighted by molar-refractivity contribution is -0.129. The van der Waals surface area contributed by atoms with Gasteiger partial charge >= 0.3 is 0 Å². The van der Waals surface area contributed by atoms with E-state index >= 15 is 0 Å². The fourth-order valence-electron chi connectivity index (χ4n) is 4.07. The van der Waals surface area contributed by atoms with Gasteiger partial charge in [-0.1, -0.05) is 35.0 Å². The van der Waals surface area contributed by atoms with Crippen molar-refractivity contribution in [2.24, 2.45) is 0 Å². The number of aliphatic hydroxyl groups is 1. The van der Waals surface area contributed by atoms with Crippen LogP contribution in [0.2, 0.25) is 0 Å². The number of ether oxygens (including phenoxy) is 2. The molecule has 0 bridgehead atoms. The molecule has 0 saturated carbocycles. The van der Waals surface area contributed by atoms with Crippen LogP contribution in [0.1, 0.15) is 41.9 Å². The quantitative estimate of drug-likeness (QED) is 0.272. The number of carbonyl (C=O) groups excluding carboxylic acids is 2. The van der Waals surface area contributed by atoms with Crippen molar-refractivity contribution in [1.82, 2.24) is 4.90 Å². The lowest BCUT2D eigenvalue weighted by Crippen LogP contribution is -2.32. The van der Waals surface area contributed by atoms with Crippen LogP contribution in [0, 0.1) is 0 Å². The molecule has 0 fully saturated rings. The normalized spacial score (nSPS) is 16.0. The van der Waals surface area contributed by atoms with Gasteiger partial charge in [0.05, 0.1) is 18.2 Å². The molecule has 1 aliphatic rings. The predicted octanol–water partition coefficient (Wildman–Crippen LogP) is 5.60. The zero-order valence-corrected chi connectivity index (χ0v) is 20.6. The Balaban J connectivity index is 1.72. The zero-order chi connectivity index (χ0) is 24.2. The van der Waals surface area contributed by atoms with Crippen LogP contribution >= 0.6 is 15.9 Å². The molecule has 7 nitrogen and oxygen atoms in total. The Hall–Kier alpha value is -3.10. The van der Waals surface area contributed by atoms with E-state index in [4.69, 9.17) is 13.9 Å². The molecule has 3 aromatic rings. The average Bonchev–Trinajstić information content (AvgIpc) is 3.37. The predicted molar refractivity (Wildman–Crippen MR) is 131 cm³/mol. The van der Waals surface area contributed by atoms with Gasteiger partial charge in [-0.05, 0) is 54.8 Å². The fraction of sp³-hybridized carbons (Fsp3) is 0.308. The zero-order valence-electron chi connectivity index (χ0n) is 19.0. The molecule has 1 aromatic heterocycles. The number of furan rings is 1. The number of ketones is 1. The van der Waals surface area contributed by atoms with Gasteiger partial charge < -0.3 is 23.9 Å². The van der Waals surface area contributed by atoms with Crippen LogP contribution in [0.25, 0.3) is 11.0 Å². The topological polar surface area (TPSA) is 89.2 Å². The van der Waals surface area contributed by atoms with E-state index in [2.05, 4.69) is 15.9 Å². The fourth-order valence-corrected chi connectivity index (χ4v) is 4.45. The number of fused-ring (bicyclic) bond motifs is 1. The van der Waals surface area contributed by atoms with Crippen LogP contribution in [0.3, 0.4) is 0 Å². The second-order valence-electron chi connectivity index (χ2n) is 8.05. The third kappa shape index (κ3) is 4.74. The van der Waals surface area contributed by atoms with Crippen LogP contribution in [-0.4, -0.2) is 48.6 Å². The van der Waals surface area contributed by atoms with Crippen molar-refractivity contribution in [2.45, 2.75) is 25.8 Å². The Kier molecular flexibility index (Phi) is 7.38. The number of methoxy groups -OCH3 is 1. The summed E-state index contributed by atoms with van der Waals surface area (Å²) >= 11 is 3.41. The molecule has 1 unspecified atom stereocenters. The second-order valence-corrected chi connectivity index (χ2v) is 8.96. The monoisotopic (exact) mass is 527 g/mol. The SMILES string of the molecule is CCCOc1ccc(C2C(C(=O)c3cc4cc(Br)ccc4o3)=C(O)C(=O)N2CCCOC)cc1. The van der Waals surface area contributed by atoms with Crippen LogP contribution in [0.5, 0.6) is 5.75 Å². The Morgan fingerprint density at radius 2 is 1.91 bits per heavy atom. The molecular weight excluding hydrogens is 502 g/mol. The molecule has 1 amide bonds. The molecule has 0 radical (unpaired) electrons. The van der Waals surface area contributed by atoms with Gasteiger partial charge in [0.2, 0.25) is 5.78 Å². The first kappa shape index (κ1) is 24.0. The molecule has 0 aliphatic carbocycles. The Labute approximate surface area is 206 Å². The molecule has 1 atom stereocenters. The highest BCUT2D eigenvalue weighted by molar-refractivity contribution is 9.10. The van der Waals surface area contributed by atoms with E-state index in [0.29, 0.717) is 43.1 Å². The first-order chi connectivity index (χ1) is 16.4. The minimum Gasteiger partial charge on any atom is -0.503 e. The molecule has 8 heteroatoms. The second kappa shape index (κ2) is 10.4. The van der Waals surface area contributed by atoms with Crippen molar-refractivity contribution < 1.29 is 28.6 Å². The summed E-state index contributed by atoms with van der Waals surface area (Å²) in [5.41, 5.74) is 1.24. The number of carbonyl (C=O) groups is 2. The van der Waals surface area contributed by atoms with Crippen LogP contribution < -0.4 is 4.74 Å². The summed E-state index contributed by atoms with van der Waals surface area (Å²) in [6.07, 6.45) is 1.44. The highest BCUT2D eigenvalue weighted by Gasteiger charge is 2.44. The molecule has 0 spiro atoms. The number of halogens is 1. The van der Waals surface area contributed by atoms with E-state index in [9.17, 15) is 14.7 Å². The molecular formula is C26H26BrNO6. The standard InChI is InChI=1S/C26H26BrNO6/c1-3-12-33-19-8-5-16(6-9-19)23-22(25(30)26(31)28(23)11-4-13-32-2)24(29)21-15-17-14-18(27)7-10-20(17)34-21/h5-10,14-15,23,30H,3-4,11-13H2,1-2H3. The van der Waals surface area contributed by atoms with Gasteiger partial charge in [-0.15, -0.1) is 0 Å². The highest BCUT2D eigenvalue weighted by Crippen LogP contribution is 2.40. The Morgan fingerprint density at radius 3 is 2.62 bits per heavy atom. The van der Waals surface area contributed by atoms with Crippen molar-refractivity contribution in [3.05, 3.63) is 75.7 Å². The molecule has 0 saturated heterocycles. The number of Topliss-reactive ketones (excluding diaryl/α,β-unsaturated/α-hetero) is 1. The summed E-state index contributed by atoms with van der Waals surface area (Å²) in [4.78, 5) is 28.1. The number of rotatable bonds is 10. The van der Waals surface area contributed by atoms with E-state index in [0.717, 1.165) is 16.3 Å². The highest BCUT2D eigenvalue weighted by atomic mass is 79.9. The summed E-state index contributed by atoms with van der Waals surface area (Å²) < 4.78 is 17.4. The van der Waals surface area contributed by atoms with Gasteiger partial charge in [0.1, 0.15) is 11.3 Å². The molecule has 2 aromatic carbocycles. The van der Waals surface area contributed by atoms with E-state index in [1.165, 1.54) is 4.90 Å². The summed E-state index contributed by atoms with van der Waals surface area (Å²) in [5, 5.41) is 11.5. The van der Waals surface area contributed by atoms with Crippen molar-refractivity contribution in [2.75, 3.05) is 26.9 Å². The summed E-state index contributed by atoms with van der Waals surface area (Å²) in [6, 6.07) is 13.5. The molecule has 178 valence electrons. The summed E-state index contributed by atoms with van der Waals surface area (Å²) in [7, 11) is 1.59. The molecule has 1 N–H and O–H groups in total. The Bertz CT molecular complexity index is 1230. The molecule has 4 rings (SSSR count). The van der Waals surface area contributed by atoms with E-state index in [-0.39, 0.29) is 11.3 Å². The minimum absolute atomic E-state index is 0.00256. The Morgan fingerprint density at radius 1 is 1.15 bits per heavy atom. The van der Waals surface area contributed by atoms with Gasteiger partial charge in [0.25, 0.3) is 5.91 Å². The number of benzene rings is 2. The number of aliphatic hydroxyl groups excluding tert-OH is 1. The first-order valence-electron chi connectivity index (χ1n) is 11.1. The lowest BCUT2D eigenvalue weighted by atomic mass is 9.95. The maximum Gasteiger partial charge on any atom is 0.290 e. The van der Waals surface area contributed by atoms with E-state index in [1.54, 1.807) is 31.4 Å². The van der Waals surface area contributed by atoms with Crippen LogP contribution in [0.15, 0.2) is 68.8 Å². The number of amides is 1. The van der Waals surface area contributed by atoms with E-state index in [1.807, 2.05) is 31.2 Å². The van der Waals surface area contributed by atoms with Gasteiger partial charge in [-0.2, -0.15) is 0 Å². The average molecular weight is 528 g/mol. The maximum absolute atomic E-state index is 13.6. The third-order valence-electron chi connectivity index (χ3n) is 5.67. The number of nitrogens with zero attached hydrogens (tertiary/aromatic N) is 1. The van der Waals surface area contributed by atoms with Gasteiger partial charge in [-0.25, -0.2) is 0 Å².